The summed E-state index contributed by atoms with van der Waals surface area (Å²) in [7, 11) is 0. The molecule has 16 heavy (non-hydrogen) atoms. The van der Waals surface area contributed by atoms with Gasteiger partial charge in [-0.05, 0) is 25.5 Å². The Kier molecular flexibility index (Phi) is 5.80. The molecule has 0 aromatic carbocycles. The molecule has 0 aliphatic carbocycles. The van der Waals surface area contributed by atoms with E-state index in [1.54, 1.807) is 12.3 Å². The zero-order valence-electron chi connectivity index (χ0n) is 8.86. The van der Waals surface area contributed by atoms with Crippen molar-refractivity contribution < 1.29 is 4.74 Å². The predicted molar refractivity (Wildman–Crippen MR) is 65.4 cm³/mol. The Morgan fingerprint density at radius 3 is 3.12 bits per heavy atom. The predicted octanol–water partition coefficient (Wildman–Crippen LogP) is 1.93. The molecule has 6 heteroatoms. The second-order valence-electron chi connectivity index (χ2n) is 3.69. The minimum Gasteiger partial charge on any atom is -0.463 e. The first-order valence-corrected chi connectivity index (χ1v) is 5.54. The second kappa shape index (κ2) is 6.89. The fourth-order valence-electron chi connectivity index (χ4n) is 1.65. The van der Waals surface area contributed by atoms with Crippen molar-refractivity contribution in [3.8, 4) is 6.01 Å². The van der Waals surface area contributed by atoms with E-state index in [1.807, 2.05) is 0 Å². The quantitative estimate of drug-likeness (QED) is 0.847. The molecule has 1 aromatic rings. The third-order valence-electron chi connectivity index (χ3n) is 2.45. The Hall–Kier alpha value is -0.580. The highest BCUT2D eigenvalue weighted by atomic mass is 35.5. The zero-order valence-corrected chi connectivity index (χ0v) is 10.4. The van der Waals surface area contributed by atoms with Crippen LogP contribution < -0.4 is 10.1 Å². The van der Waals surface area contributed by atoms with Crippen LogP contribution >= 0.6 is 24.0 Å². The zero-order chi connectivity index (χ0) is 10.5. The van der Waals surface area contributed by atoms with Crippen molar-refractivity contribution in [1.82, 2.24) is 15.3 Å². The summed E-state index contributed by atoms with van der Waals surface area (Å²) in [6, 6.07) is 2.00. The van der Waals surface area contributed by atoms with Crippen LogP contribution in [0.25, 0.3) is 0 Å². The highest BCUT2D eigenvalue weighted by Crippen LogP contribution is 2.13. The van der Waals surface area contributed by atoms with Gasteiger partial charge in [0, 0.05) is 18.7 Å². The summed E-state index contributed by atoms with van der Waals surface area (Å²) < 4.78 is 5.48. The van der Waals surface area contributed by atoms with E-state index in [4.69, 9.17) is 16.3 Å². The summed E-state index contributed by atoms with van der Waals surface area (Å²) in [5.74, 6) is 0.557. The number of nitrogens with one attached hydrogen (secondary N) is 1. The van der Waals surface area contributed by atoms with E-state index in [0.29, 0.717) is 23.7 Å². The smallest absolute Gasteiger partial charge is 0.317 e. The first kappa shape index (κ1) is 13.5. The molecule has 1 aliphatic rings. The third-order valence-corrected chi connectivity index (χ3v) is 2.66. The van der Waals surface area contributed by atoms with Crippen LogP contribution in [0.5, 0.6) is 6.01 Å². The minimum atomic E-state index is 0. The molecule has 1 unspecified atom stereocenters. The maximum atomic E-state index is 5.72. The molecule has 0 bridgehead atoms. The lowest BCUT2D eigenvalue weighted by atomic mass is 10.0. The van der Waals surface area contributed by atoms with E-state index in [1.165, 1.54) is 12.8 Å². The summed E-state index contributed by atoms with van der Waals surface area (Å²) in [5.41, 5.74) is 0. The molecular formula is C10H15Cl2N3O. The Balaban J connectivity index is 0.00000128. The van der Waals surface area contributed by atoms with Crippen LogP contribution in [-0.4, -0.2) is 29.7 Å². The molecule has 0 amide bonds. The van der Waals surface area contributed by atoms with Gasteiger partial charge in [-0.2, -0.15) is 4.98 Å². The molecule has 1 aromatic heterocycles. The van der Waals surface area contributed by atoms with E-state index in [2.05, 4.69) is 15.3 Å². The number of hydrogen-bond donors (Lipinski definition) is 1. The van der Waals surface area contributed by atoms with Crippen LogP contribution in [0.15, 0.2) is 12.3 Å². The fourth-order valence-corrected chi connectivity index (χ4v) is 1.78. The average Bonchev–Trinajstić information content (AvgIpc) is 2.28. The molecule has 2 rings (SSSR count). The van der Waals surface area contributed by atoms with Crippen LogP contribution in [0.4, 0.5) is 0 Å². The monoisotopic (exact) mass is 263 g/mol. The first-order valence-electron chi connectivity index (χ1n) is 5.16. The second-order valence-corrected chi connectivity index (χ2v) is 4.07. The van der Waals surface area contributed by atoms with Gasteiger partial charge in [0.2, 0.25) is 0 Å². The van der Waals surface area contributed by atoms with E-state index < -0.39 is 0 Å². The highest BCUT2D eigenvalue weighted by Gasteiger charge is 2.13. The van der Waals surface area contributed by atoms with E-state index in [-0.39, 0.29) is 12.4 Å². The molecule has 0 spiro atoms. The molecule has 0 saturated carbocycles. The highest BCUT2D eigenvalue weighted by molar-refractivity contribution is 6.29. The maximum absolute atomic E-state index is 5.72. The van der Waals surface area contributed by atoms with Crippen molar-refractivity contribution in [3.05, 3.63) is 17.4 Å². The van der Waals surface area contributed by atoms with Crippen LogP contribution in [0.2, 0.25) is 5.15 Å². The van der Waals surface area contributed by atoms with Gasteiger partial charge in [0.1, 0.15) is 5.15 Å². The van der Waals surface area contributed by atoms with Crippen LogP contribution in [0, 0.1) is 5.92 Å². The van der Waals surface area contributed by atoms with E-state index in [0.717, 1.165) is 13.1 Å². The number of ether oxygens (including phenoxy) is 1. The van der Waals surface area contributed by atoms with Crippen molar-refractivity contribution in [2.45, 2.75) is 12.8 Å². The van der Waals surface area contributed by atoms with Crippen LogP contribution in [0.1, 0.15) is 12.8 Å². The van der Waals surface area contributed by atoms with Gasteiger partial charge < -0.3 is 10.1 Å². The Morgan fingerprint density at radius 1 is 1.56 bits per heavy atom. The number of aromatic nitrogens is 2. The lowest BCUT2D eigenvalue weighted by Crippen LogP contribution is -2.33. The molecule has 1 atom stereocenters. The summed E-state index contributed by atoms with van der Waals surface area (Å²) in [5, 5.41) is 3.75. The largest absolute Gasteiger partial charge is 0.463 e. The molecule has 1 aliphatic heterocycles. The Bertz CT molecular complexity index is 319. The molecular weight excluding hydrogens is 249 g/mol. The van der Waals surface area contributed by atoms with Gasteiger partial charge in [0.25, 0.3) is 0 Å². The molecule has 2 heterocycles. The van der Waals surface area contributed by atoms with E-state index in [9.17, 15) is 0 Å². The number of piperidine rings is 1. The SMILES string of the molecule is Cl.Clc1ccnc(OCC2CCCNC2)n1. The molecule has 90 valence electrons. The average molecular weight is 264 g/mol. The van der Waals surface area contributed by atoms with Crippen molar-refractivity contribution in [2.75, 3.05) is 19.7 Å². The van der Waals surface area contributed by atoms with Gasteiger partial charge in [0.05, 0.1) is 6.61 Å². The van der Waals surface area contributed by atoms with Gasteiger partial charge in [-0.15, -0.1) is 12.4 Å². The van der Waals surface area contributed by atoms with Crippen molar-refractivity contribution in [1.29, 1.82) is 0 Å². The fraction of sp³-hybridized carbons (Fsp3) is 0.600. The van der Waals surface area contributed by atoms with Crippen molar-refractivity contribution in [3.63, 3.8) is 0 Å². The Labute approximate surface area is 106 Å². The minimum absolute atomic E-state index is 0. The maximum Gasteiger partial charge on any atom is 0.317 e. The number of nitrogens with zero attached hydrogens (tertiary/aromatic N) is 2. The van der Waals surface area contributed by atoms with Crippen molar-refractivity contribution >= 4 is 24.0 Å². The molecule has 1 fully saturated rings. The van der Waals surface area contributed by atoms with Gasteiger partial charge in [-0.1, -0.05) is 11.6 Å². The number of hydrogen-bond acceptors (Lipinski definition) is 4. The first-order chi connectivity index (χ1) is 7.34. The molecule has 1 N–H and O–H groups in total. The number of rotatable bonds is 3. The summed E-state index contributed by atoms with van der Waals surface area (Å²) >= 11 is 5.72. The summed E-state index contributed by atoms with van der Waals surface area (Å²) in [4.78, 5) is 7.96. The normalized spacial score (nSPS) is 19.9. The summed E-state index contributed by atoms with van der Waals surface area (Å²) in [6.07, 6.45) is 4.02. The molecule has 4 nitrogen and oxygen atoms in total. The third kappa shape index (κ3) is 4.12. The summed E-state index contributed by atoms with van der Waals surface area (Å²) in [6.45, 7) is 2.79. The Morgan fingerprint density at radius 2 is 2.44 bits per heavy atom. The van der Waals surface area contributed by atoms with Crippen LogP contribution in [0.3, 0.4) is 0 Å². The topological polar surface area (TPSA) is 47.0 Å². The van der Waals surface area contributed by atoms with E-state index >= 15 is 0 Å². The van der Waals surface area contributed by atoms with Gasteiger partial charge in [0.15, 0.2) is 0 Å². The molecule has 0 radical (unpaired) electrons. The van der Waals surface area contributed by atoms with Gasteiger partial charge in [-0.25, -0.2) is 4.98 Å². The van der Waals surface area contributed by atoms with Crippen LogP contribution in [-0.2, 0) is 0 Å². The molecule has 1 saturated heterocycles. The number of halogens is 2. The van der Waals surface area contributed by atoms with Gasteiger partial charge >= 0.3 is 6.01 Å². The standard InChI is InChI=1S/C10H14ClN3O.ClH/c11-9-3-5-13-10(14-9)15-7-8-2-1-4-12-6-8;/h3,5,8,12H,1-2,4,6-7H2;1H. The van der Waals surface area contributed by atoms with Crippen molar-refractivity contribution in [2.24, 2.45) is 5.92 Å². The lowest BCUT2D eigenvalue weighted by molar-refractivity contribution is 0.205. The lowest BCUT2D eigenvalue weighted by Gasteiger charge is -2.22. The van der Waals surface area contributed by atoms with Gasteiger partial charge in [-0.3, -0.25) is 0 Å².